The maximum absolute atomic E-state index is 13.1. The van der Waals surface area contributed by atoms with Gasteiger partial charge in [0.15, 0.2) is 6.61 Å². The van der Waals surface area contributed by atoms with Crippen molar-refractivity contribution in [3.8, 4) is 11.5 Å². The van der Waals surface area contributed by atoms with Crippen molar-refractivity contribution in [3.05, 3.63) is 62.1 Å². The van der Waals surface area contributed by atoms with Crippen LogP contribution < -0.4 is 14.8 Å². The second-order valence-electron chi connectivity index (χ2n) is 7.46. The summed E-state index contributed by atoms with van der Waals surface area (Å²) < 4.78 is 10.6. The number of amides is 2. The van der Waals surface area contributed by atoms with Crippen LogP contribution in [-0.4, -0.2) is 47.9 Å². The number of rotatable bonds is 12. The molecule has 34 heavy (non-hydrogen) atoms. The molecule has 2 rings (SSSR count). The molecule has 2 aromatic carbocycles. The SMILES string of the molecule is CCCCNC(=O)[C@@H](C)N(Cc1ccc(Cl)cc1Cl)C(=O)COc1ccc([N+](=O)[O-])c(OC)c1. The number of nitrogens with zero attached hydrogens (tertiary/aromatic N) is 2. The lowest BCUT2D eigenvalue weighted by Crippen LogP contribution is -2.49. The summed E-state index contributed by atoms with van der Waals surface area (Å²) in [7, 11) is 1.30. The van der Waals surface area contributed by atoms with Gasteiger partial charge in [0.05, 0.1) is 12.0 Å². The number of unbranched alkanes of at least 4 members (excludes halogenated alkanes) is 1. The van der Waals surface area contributed by atoms with E-state index in [0.29, 0.717) is 22.2 Å². The van der Waals surface area contributed by atoms with Gasteiger partial charge in [-0.3, -0.25) is 19.7 Å². The predicted molar refractivity (Wildman–Crippen MR) is 130 cm³/mol. The van der Waals surface area contributed by atoms with Crippen LogP contribution in [0.4, 0.5) is 5.69 Å². The van der Waals surface area contributed by atoms with E-state index in [1.165, 1.54) is 30.2 Å². The fourth-order valence-electron chi connectivity index (χ4n) is 3.08. The van der Waals surface area contributed by atoms with Crippen molar-refractivity contribution in [3.63, 3.8) is 0 Å². The molecule has 0 spiro atoms. The summed E-state index contributed by atoms with van der Waals surface area (Å²) in [5.74, 6) is -0.561. The van der Waals surface area contributed by atoms with Crippen LogP contribution in [0.1, 0.15) is 32.3 Å². The molecule has 0 aliphatic carbocycles. The summed E-state index contributed by atoms with van der Waals surface area (Å²) in [4.78, 5) is 37.6. The van der Waals surface area contributed by atoms with Gasteiger partial charge in [0.1, 0.15) is 11.8 Å². The molecule has 0 aromatic heterocycles. The molecule has 0 saturated carbocycles. The number of hydrogen-bond acceptors (Lipinski definition) is 6. The minimum atomic E-state index is -0.800. The Labute approximate surface area is 208 Å². The Bertz CT molecular complexity index is 1030. The average Bonchev–Trinajstić information content (AvgIpc) is 2.81. The van der Waals surface area contributed by atoms with Gasteiger partial charge in [0, 0.05) is 35.3 Å². The highest BCUT2D eigenvalue weighted by Crippen LogP contribution is 2.31. The van der Waals surface area contributed by atoms with Crippen molar-refractivity contribution in [1.82, 2.24) is 10.2 Å². The van der Waals surface area contributed by atoms with Crippen LogP contribution in [0.5, 0.6) is 11.5 Å². The number of benzene rings is 2. The Hall–Kier alpha value is -3.04. The zero-order chi connectivity index (χ0) is 25.3. The van der Waals surface area contributed by atoms with Crippen molar-refractivity contribution in [2.75, 3.05) is 20.3 Å². The Morgan fingerprint density at radius 3 is 2.56 bits per heavy atom. The lowest BCUT2D eigenvalue weighted by atomic mass is 10.1. The first-order chi connectivity index (χ1) is 16.2. The lowest BCUT2D eigenvalue weighted by molar-refractivity contribution is -0.385. The Balaban J connectivity index is 2.20. The van der Waals surface area contributed by atoms with Gasteiger partial charge in [0.2, 0.25) is 11.7 Å². The number of nitro benzene ring substituents is 1. The first kappa shape index (κ1) is 27.2. The third-order valence-electron chi connectivity index (χ3n) is 5.06. The minimum absolute atomic E-state index is 0.00317. The topological polar surface area (TPSA) is 111 Å². The van der Waals surface area contributed by atoms with Crippen LogP contribution in [0.25, 0.3) is 0 Å². The summed E-state index contributed by atoms with van der Waals surface area (Å²) >= 11 is 12.3. The highest BCUT2D eigenvalue weighted by Gasteiger charge is 2.27. The normalized spacial score (nSPS) is 11.4. The van der Waals surface area contributed by atoms with Crippen molar-refractivity contribution in [1.29, 1.82) is 0 Å². The maximum Gasteiger partial charge on any atom is 0.311 e. The number of nitrogens with one attached hydrogen (secondary N) is 1. The number of hydrogen-bond donors (Lipinski definition) is 1. The Morgan fingerprint density at radius 1 is 1.21 bits per heavy atom. The van der Waals surface area contributed by atoms with E-state index in [1.54, 1.807) is 25.1 Å². The Morgan fingerprint density at radius 2 is 1.94 bits per heavy atom. The van der Waals surface area contributed by atoms with E-state index in [2.05, 4.69) is 5.32 Å². The van der Waals surface area contributed by atoms with Crippen LogP contribution in [-0.2, 0) is 16.1 Å². The summed E-state index contributed by atoms with van der Waals surface area (Å²) in [6.07, 6.45) is 1.74. The molecular weight excluding hydrogens is 485 g/mol. The van der Waals surface area contributed by atoms with E-state index < -0.39 is 23.5 Å². The third kappa shape index (κ3) is 7.50. The van der Waals surface area contributed by atoms with Gasteiger partial charge < -0.3 is 19.7 Å². The lowest BCUT2D eigenvalue weighted by Gasteiger charge is -2.29. The number of ether oxygens (including phenoxy) is 2. The quantitative estimate of drug-likeness (QED) is 0.252. The fourth-order valence-corrected chi connectivity index (χ4v) is 3.55. The largest absolute Gasteiger partial charge is 0.490 e. The number of halogens is 2. The van der Waals surface area contributed by atoms with Gasteiger partial charge >= 0.3 is 5.69 Å². The second kappa shape index (κ2) is 13.0. The van der Waals surface area contributed by atoms with Gasteiger partial charge in [0.25, 0.3) is 5.91 Å². The first-order valence-corrected chi connectivity index (χ1v) is 11.4. The van der Waals surface area contributed by atoms with E-state index in [1.807, 2.05) is 6.92 Å². The summed E-state index contributed by atoms with van der Waals surface area (Å²) in [5.41, 5.74) is 0.391. The molecule has 0 aliphatic heterocycles. The molecule has 0 heterocycles. The smallest absolute Gasteiger partial charge is 0.311 e. The van der Waals surface area contributed by atoms with E-state index >= 15 is 0 Å². The van der Waals surface area contributed by atoms with Gasteiger partial charge in [-0.1, -0.05) is 42.6 Å². The van der Waals surface area contributed by atoms with Crippen LogP contribution in [0, 0.1) is 10.1 Å². The van der Waals surface area contributed by atoms with Crippen LogP contribution >= 0.6 is 23.2 Å². The predicted octanol–water partition coefficient (Wildman–Crippen LogP) is 4.62. The number of methoxy groups -OCH3 is 1. The summed E-state index contributed by atoms with van der Waals surface area (Å²) in [6, 6.07) is 8.03. The molecule has 0 aliphatic rings. The molecule has 0 bridgehead atoms. The molecule has 0 saturated heterocycles. The first-order valence-electron chi connectivity index (χ1n) is 10.6. The van der Waals surface area contributed by atoms with Gasteiger partial charge in [-0.2, -0.15) is 0 Å². The van der Waals surface area contributed by atoms with Crippen molar-refractivity contribution < 1.29 is 24.0 Å². The zero-order valence-electron chi connectivity index (χ0n) is 19.2. The number of nitro groups is 1. The van der Waals surface area contributed by atoms with Crippen molar-refractivity contribution >= 4 is 40.7 Å². The van der Waals surface area contributed by atoms with Crippen LogP contribution in [0.3, 0.4) is 0 Å². The molecular formula is C23H27Cl2N3O6. The van der Waals surface area contributed by atoms with Crippen LogP contribution in [0.2, 0.25) is 10.0 Å². The number of carbonyl (C=O) groups is 2. The van der Waals surface area contributed by atoms with E-state index in [0.717, 1.165) is 12.8 Å². The van der Waals surface area contributed by atoms with Crippen molar-refractivity contribution in [2.24, 2.45) is 0 Å². The highest BCUT2D eigenvalue weighted by atomic mass is 35.5. The Kier molecular flexibility index (Phi) is 10.4. The summed E-state index contributed by atoms with van der Waals surface area (Å²) in [6.45, 7) is 3.79. The van der Waals surface area contributed by atoms with Gasteiger partial charge in [-0.25, -0.2) is 0 Å². The fraction of sp³-hybridized carbons (Fsp3) is 0.391. The van der Waals surface area contributed by atoms with Crippen molar-refractivity contribution in [2.45, 2.75) is 39.3 Å². The molecule has 184 valence electrons. The number of carbonyl (C=O) groups excluding carboxylic acids is 2. The van der Waals surface area contributed by atoms with E-state index in [9.17, 15) is 19.7 Å². The average molecular weight is 512 g/mol. The summed E-state index contributed by atoms with van der Waals surface area (Å²) in [5, 5.41) is 14.7. The van der Waals surface area contributed by atoms with Gasteiger partial charge in [-0.15, -0.1) is 0 Å². The molecule has 9 nitrogen and oxygen atoms in total. The molecule has 0 unspecified atom stereocenters. The molecule has 0 fully saturated rings. The minimum Gasteiger partial charge on any atom is -0.490 e. The molecule has 0 radical (unpaired) electrons. The maximum atomic E-state index is 13.1. The molecule has 11 heteroatoms. The molecule has 1 N–H and O–H groups in total. The molecule has 2 amide bonds. The van der Waals surface area contributed by atoms with Crippen LogP contribution in [0.15, 0.2) is 36.4 Å². The monoisotopic (exact) mass is 511 g/mol. The molecule has 1 atom stereocenters. The van der Waals surface area contributed by atoms with E-state index in [-0.39, 0.29) is 29.6 Å². The highest BCUT2D eigenvalue weighted by molar-refractivity contribution is 6.35. The van der Waals surface area contributed by atoms with E-state index in [4.69, 9.17) is 32.7 Å². The van der Waals surface area contributed by atoms with Gasteiger partial charge in [-0.05, 0) is 37.1 Å². The zero-order valence-corrected chi connectivity index (χ0v) is 20.7. The third-order valence-corrected chi connectivity index (χ3v) is 5.65. The second-order valence-corrected chi connectivity index (χ2v) is 8.30. The standard InChI is InChI=1S/C23H27Cl2N3O6/c1-4-5-10-26-23(30)15(2)27(13-16-6-7-17(24)11-19(16)25)22(29)14-34-18-8-9-20(28(31)32)21(12-18)33-3/h6-9,11-12,15H,4-5,10,13-14H2,1-3H3,(H,26,30)/t15-/m1/s1. The molecule has 2 aromatic rings.